The Morgan fingerprint density at radius 1 is 1.05 bits per heavy atom. The highest BCUT2D eigenvalue weighted by molar-refractivity contribution is 7.98. The second-order valence-electron chi connectivity index (χ2n) is 4.19. The van der Waals surface area contributed by atoms with Crippen molar-refractivity contribution in [3.63, 3.8) is 0 Å². The highest BCUT2D eigenvalue weighted by atomic mass is 35.5. The zero-order valence-electron chi connectivity index (χ0n) is 10.4. The van der Waals surface area contributed by atoms with Crippen LogP contribution >= 0.6 is 23.4 Å². The van der Waals surface area contributed by atoms with E-state index in [2.05, 4.69) is 0 Å². The van der Waals surface area contributed by atoms with E-state index in [1.807, 2.05) is 30.5 Å². The fourth-order valence-corrected chi connectivity index (χ4v) is 2.54. The molecule has 0 radical (unpaired) electrons. The Kier molecular flexibility index (Phi) is 4.83. The zero-order chi connectivity index (χ0) is 13.8. The first kappa shape index (κ1) is 14.4. The largest absolute Gasteiger partial charge is 0.204 e. The molecule has 0 heterocycles. The van der Waals surface area contributed by atoms with Gasteiger partial charge in [0.2, 0.25) is 0 Å². The second kappa shape index (κ2) is 6.40. The van der Waals surface area contributed by atoms with E-state index in [0.29, 0.717) is 12.0 Å². The molecule has 1 unspecified atom stereocenters. The van der Waals surface area contributed by atoms with Gasteiger partial charge in [0.1, 0.15) is 0 Å². The number of hydrogen-bond donors (Lipinski definition) is 0. The van der Waals surface area contributed by atoms with Crippen molar-refractivity contribution in [2.45, 2.75) is 16.7 Å². The molecule has 0 nitrogen and oxygen atoms in total. The van der Waals surface area contributed by atoms with E-state index < -0.39 is 11.6 Å². The summed E-state index contributed by atoms with van der Waals surface area (Å²) < 4.78 is 25.9. The maximum atomic E-state index is 13.1. The third kappa shape index (κ3) is 3.71. The number of rotatable bonds is 4. The molecule has 0 aromatic heterocycles. The molecule has 100 valence electrons. The second-order valence-corrected chi connectivity index (χ2v) is 5.60. The summed E-state index contributed by atoms with van der Waals surface area (Å²) in [6, 6.07) is 11.8. The topological polar surface area (TPSA) is 0 Å². The molecule has 19 heavy (non-hydrogen) atoms. The molecule has 4 heteroatoms. The van der Waals surface area contributed by atoms with Gasteiger partial charge in [-0.3, -0.25) is 0 Å². The lowest BCUT2D eigenvalue weighted by Crippen LogP contribution is -1.97. The molecule has 0 aliphatic heterocycles. The Morgan fingerprint density at radius 3 is 2.32 bits per heavy atom. The molecule has 2 rings (SSSR count). The predicted molar refractivity (Wildman–Crippen MR) is 76.9 cm³/mol. The summed E-state index contributed by atoms with van der Waals surface area (Å²) in [6.07, 6.45) is 2.48. The van der Waals surface area contributed by atoms with Crippen LogP contribution in [-0.2, 0) is 6.42 Å². The number of halogens is 3. The third-order valence-corrected chi connectivity index (χ3v) is 4.03. The van der Waals surface area contributed by atoms with Gasteiger partial charge in [-0.25, -0.2) is 8.78 Å². The summed E-state index contributed by atoms with van der Waals surface area (Å²) in [5.41, 5.74) is 1.66. The SMILES string of the molecule is CSc1ccc(C(Cl)Cc2ccc(F)c(F)c2)cc1. The molecule has 2 aromatic carbocycles. The average Bonchev–Trinajstić information content (AvgIpc) is 2.43. The minimum atomic E-state index is -0.834. The Balaban J connectivity index is 2.10. The summed E-state index contributed by atoms with van der Waals surface area (Å²) in [7, 11) is 0. The van der Waals surface area contributed by atoms with Crippen molar-refractivity contribution < 1.29 is 8.78 Å². The van der Waals surface area contributed by atoms with E-state index in [0.717, 1.165) is 11.6 Å². The Labute approximate surface area is 120 Å². The van der Waals surface area contributed by atoms with E-state index in [4.69, 9.17) is 11.6 Å². The highest BCUT2D eigenvalue weighted by Crippen LogP contribution is 2.27. The monoisotopic (exact) mass is 298 g/mol. The first-order chi connectivity index (χ1) is 9.10. The fourth-order valence-electron chi connectivity index (χ4n) is 1.80. The van der Waals surface area contributed by atoms with E-state index in [1.165, 1.54) is 11.0 Å². The lowest BCUT2D eigenvalue weighted by Gasteiger charge is -2.11. The molecule has 2 aromatic rings. The molecule has 0 N–H and O–H groups in total. The van der Waals surface area contributed by atoms with E-state index in [9.17, 15) is 8.78 Å². The van der Waals surface area contributed by atoms with Crippen molar-refractivity contribution in [2.75, 3.05) is 6.26 Å². The fraction of sp³-hybridized carbons (Fsp3) is 0.200. The van der Waals surface area contributed by atoms with E-state index in [-0.39, 0.29) is 5.38 Å². The Hall–Kier alpha value is -1.06. The average molecular weight is 299 g/mol. The van der Waals surface area contributed by atoms with Crippen LogP contribution in [0.5, 0.6) is 0 Å². The molecular weight excluding hydrogens is 286 g/mol. The number of thioether (sulfide) groups is 1. The van der Waals surface area contributed by atoms with Gasteiger partial charge < -0.3 is 0 Å². The van der Waals surface area contributed by atoms with Crippen LogP contribution in [0, 0.1) is 11.6 Å². The molecule has 0 aliphatic rings. The van der Waals surface area contributed by atoms with Crippen LogP contribution in [-0.4, -0.2) is 6.26 Å². The first-order valence-corrected chi connectivity index (χ1v) is 7.48. The van der Waals surface area contributed by atoms with Crippen LogP contribution in [0.15, 0.2) is 47.4 Å². The van der Waals surface area contributed by atoms with Crippen LogP contribution < -0.4 is 0 Å². The summed E-state index contributed by atoms with van der Waals surface area (Å²) in [5, 5.41) is -0.249. The van der Waals surface area contributed by atoms with E-state index in [1.54, 1.807) is 17.8 Å². The molecule has 0 saturated heterocycles. The molecule has 0 spiro atoms. The van der Waals surface area contributed by atoms with Crippen molar-refractivity contribution in [3.05, 3.63) is 65.2 Å². The molecule has 0 amide bonds. The lowest BCUT2D eigenvalue weighted by atomic mass is 10.0. The van der Waals surface area contributed by atoms with Gasteiger partial charge in [-0.2, -0.15) is 0 Å². The van der Waals surface area contributed by atoms with Gasteiger partial charge in [0.15, 0.2) is 11.6 Å². The van der Waals surface area contributed by atoms with Gasteiger partial charge in [-0.1, -0.05) is 18.2 Å². The Morgan fingerprint density at radius 2 is 1.74 bits per heavy atom. The molecule has 1 atom stereocenters. The smallest absolute Gasteiger partial charge is 0.159 e. The first-order valence-electron chi connectivity index (χ1n) is 5.82. The van der Waals surface area contributed by atoms with Gasteiger partial charge in [-0.05, 0) is 48.1 Å². The summed E-state index contributed by atoms with van der Waals surface area (Å²) in [4.78, 5) is 1.17. The molecular formula is C15H13ClF2S. The summed E-state index contributed by atoms with van der Waals surface area (Å²) >= 11 is 7.97. The number of alkyl halides is 1. The zero-order valence-corrected chi connectivity index (χ0v) is 11.9. The highest BCUT2D eigenvalue weighted by Gasteiger charge is 2.11. The lowest BCUT2D eigenvalue weighted by molar-refractivity contribution is 0.507. The minimum absolute atomic E-state index is 0.249. The van der Waals surface area contributed by atoms with Crippen LogP contribution in [0.25, 0.3) is 0 Å². The number of benzene rings is 2. The molecule has 0 fully saturated rings. The van der Waals surface area contributed by atoms with Crippen LogP contribution in [0.3, 0.4) is 0 Å². The van der Waals surface area contributed by atoms with Gasteiger partial charge in [0.05, 0.1) is 5.38 Å². The Bertz CT molecular complexity index is 555. The quantitative estimate of drug-likeness (QED) is 0.551. The standard InChI is InChI=1S/C15H13ClF2S/c1-19-12-5-3-11(4-6-12)13(16)8-10-2-7-14(17)15(18)9-10/h2-7,9,13H,8H2,1H3. The summed E-state index contributed by atoms with van der Waals surface area (Å²) in [5.74, 6) is -1.67. The van der Waals surface area contributed by atoms with Crippen molar-refractivity contribution in [1.29, 1.82) is 0 Å². The molecule has 0 bridgehead atoms. The third-order valence-electron chi connectivity index (χ3n) is 2.88. The van der Waals surface area contributed by atoms with Gasteiger partial charge in [0.25, 0.3) is 0 Å². The van der Waals surface area contributed by atoms with Crippen LogP contribution in [0.2, 0.25) is 0 Å². The molecule has 0 aliphatic carbocycles. The van der Waals surface area contributed by atoms with Crippen molar-refractivity contribution in [1.82, 2.24) is 0 Å². The maximum Gasteiger partial charge on any atom is 0.159 e. The van der Waals surface area contributed by atoms with Gasteiger partial charge in [0, 0.05) is 4.90 Å². The maximum absolute atomic E-state index is 13.1. The van der Waals surface area contributed by atoms with Crippen molar-refractivity contribution in [2.24, 2.45) is 0 Å². The number of hydrogen-bond acceptors (Lipinski definition) is 1. The van der Waals surface area contributed by atoms with Gasteiger partial charge in [-0.15, -0.1) is 23.4 Å². The minimum Gasteiger partial charge on any atom is -0.204 e. The van der Waals surface area contributed by atoms with Crippen molar-refractivity contribution >= 4 is 23.4 Å². The van der Waals surface area contributed by atoms with E-state index >= 15 is 0 Å². The normalized spacial score (nSPS) is 12.4. The van der Waals surface area contributed by atoms with Gasteiger partial charge >= 0.3 is 0 Å². The molecule has 0 saturated carbocycles. The summed E-state index contributed by atoms with van der Waals surface area (Å²) in [6.45, 7) is 0. The van der Waals surface area contributed by atoms with Crippen LogP contribution in [0.4, 0.5) is 8.78 Å². The predicted octanol–water partition coefficient (Wildman–Crippen LogP) is 5.21. The van der Waals surface area contributed by atoms with Crippen molar-refractivity contribution in [3.8, 4) is 0 Å². The van der Waals surface area contributed by atoms with Crippen LogP contribution in [0.1, 0.15) is 16.5 Å².